The van der Waals surface area contributed by atoms with Gasteiger partial charge >= 0.3 is 0 Å². The zero-order valence-corrected chi connectivity index (χ0v) is 14.6. The molecule has 1 aliphatic rings. The lowest BCUT2D eigenvalue weighted by molar-refractivity contribution is 0.0604. The SMILES string of the molecule is Cc1ccc(-c2cc(C(=O)N3CCCCN3)nn2-c2cccnc2)nc1. The Morgan fingerprint density at radius 2 is 2.12 bits per heavy atom. The largest absolute Gasteiger partial charge is 0.288 e. The van der Waals surface area contributed by atoms with Gasteiger partial charge in [0.05, 0.1) is 23.3 Å². The zero-order chi connectivity index (χ0) is 17.9. The normalized spacial score (nSPS) is 14.4. The molecule has 0 bridgehead atoms. The molecule has 3 aromatic rings. The second-order valence-electron chi connectivity index (χ2n) is 6.33. The first kappa shape index (κ1) is 16.4. The van der Waals surface area contributed by atoms with Gasteiger partial charge < -0.3 is 0 Å². The number of amides is 1. The minimum absolute atomic E-state index is 0.124. The van der Waals surface area contributed by atoms with E-state index in [4.69, 9.17) is 0 Å². The van der Waals surface area contributed by atoms with E-state index in [9.17, 15) is 4.79 Å². The molecular weight excluding hydrogens is 328 g/mol. The fourth-order valence-corrected chi connectivity index (χ4v) is 2.96. The molecule has 1 saturated heterocycles. The van der Waals surface area contributed by atoms with Crippen LogP contribution in [0.15, 0.2) is 48.9 Å². The Balaban J connectivity index is 1.77. The number of nitrogens with one attached hydrogen (secondary N) is 1. The van der Waals surface area contributed by atoms with Gasteiger partial charge in [0.1, 0.15) is 0 Å². The van der Waals surface area contributed by atoms with E-state index in [-0.39, 0.29) is 5.91 Å². The Hall–Kier alpha value is -3.06. The van der Waals surface area contributed by atoms with Gasteiger partial charge in [-0.2, -0.15) is 5.10 Å². The maximum Gasteiger partial charge on any atom is 0.288 e. The van der Waals surface area contributed by atoms with Crippen LogP contribution in [0.4, 0.5) is 0 Å². The third-order valence-electron chi connectivity index (χ3n) is 4.35. The molecule has 4 rings (SSSR count). The minimum Gasteiger partial charge on any atom is -0.273 e. The predicted molar refractivity (Wildman–Crippen MR) is 97.6 cm³/mol. The number of pyridine rings is 2. The Labute approximate surface area is 151 Å². The Morgan fingerprint density at radius 1 is 1.19 bits per heavy atom. The van der Waals surface area contributed by atoms with E-state index in [1.807, 2.05) is 37.4 Å². The van der Waals surface area contributed by atoms with Crippen LogP contribution in [0.25, 0.3) is 17.1 Å². The van der Waals surface area contributed by atoms with Crippen LogP contribution in [0, 0.1) is 6.92 Å². The lowest BCUT2D eigenvalue weighted by Gasteiger charge is -2.26. The molecule has 1 amide bonds. The third kappa shape index (κ3) is 3.21. The van der Waals surface area contributed by atoms with Crippen molar-refractivity contribution in [1.29, 1.82) is 0 Å². The summed E-state index contributed by atoms with van der Waals surface area (Å²) in [5, 5.41) is 6.20. The van der Waals surface area contributed by atoms with Crippen molar-refractivity contribution in [2.45, 2.75) is 19.8 Å². The summed E-state index contributed by atoms with van der Waals surface area (Å²) in [5.74, 6) is -0.124. The standard InChI is InChI=1S/C19H20N6O/c1-14-6-7-16(21-12-14)18-11-17(19(26)24-10-3-2-9-22-24)23-25(18)15-5-4-8-20-13-15/h4-8,11-13,22H,2-3,9-10H2,1H3. The highest BCUT2D eigenvalue weighted by Gasteiger charge is 2.23. The van der Waals surface area contributed by atoms with Crippen LogP contribution in [-0.2, 0) is 0 Å². The number of hydrazine groups is 1. The number of carbonyl (C=O) groups is 1. The topological polar surface area (TPSA) is 75.9 Å². The number of carbonyl (C=O) groups excluding carboxylic acids is 1. The highest BCUT2D eigenvalue weighted by molar-refractivity contribution is 5.93. The van der Waals surface area contributed by atoms with Gasteiger partial charge in [0, 0.05) is 25.5 Å². The van der Waals surface area contributed by atoms with E-state index in [2.05, 4.69) is 20.5 Å². The van der Waals surface area contributed by atoms with E-state index in [0.29, 0.717) is 12.2 Å². The molecule has 26 heavy (non-hydrogen) atoms. The Bertz CT molecular complexity index is 898. The number of hydrogen-bond donors (Lipinski definition) is 1. The summed E-state index contributed by atoms with van der Waals surface area (Å²) in [7, 11) is 0. The molecule has 0 atom stereocenters. The lowest BCUT2D eigenvalue weighted by Crippen LogP contribution is -2.47. The number of hydrogen-bond acceptors (Lipinski definition) is 5. The molecule has 1 fully saturated rings. The van der Waals surface area contributed by atoms with Gasteiger partial charge in [-0.25, -0.2) is 10.1 Å². The van der Waals surface area contributed by atoms with Gasteiger partial charge in [-0.05, 0) is 49.6 Å². The molecule has 0 aliphatic carbocycles. The maximum absolute atomic E-state index is 12.8. The number of nitrogens with zero attached hydrogens (tertiary/aromatic N) is 5. The molecule has 7 nitrogen and oxygen atoms in total. The molecule has 0 radical (unpaired) electrons. The van der Waals surface area contributed by atoms with Crippen molar-refractivity contribution in [1.82, 2.24) is 30.2 Å². The first-order valence-corrected chi connectivity index (χ1v) is 8.71. The molecule has 1 N–H and O–H groups in total. The van der Waals surface area contributed by atoms with Gasteiger partial charge in [0.2, 0.25) is 0 Å². The first-order chi connectivity index (χ1) is 12.7. The van der Waals surface area contributed by atoms with Crippen LogP contribution in [0.1, 0.15) is 28.9 Å². The van der Waals surface area contributed by atoms with Crippen LogP contribution >= 0.6 is 0 Å². The molecule has 0 saturated carbocycles. The molecule has 3 aromatic heterocycles. The van der Waals surface area contributed by atoms with Crippen LogP contribution in [-0.4, -0.2) is 43.8 Å². The van der Waals surface area contributed by atoms with E-state index < -0.39 is 0 Å². The quantitative estimate of drug-likeness (QED) is 0.786. The summed E-state index contributed by atoms with van der Waals surface area (Å²) in [5.41, 5.74) is 6.92. The first-order valence-electron chi connectivity index (χ1n) is 8.71. The molecule has 7 heteroatoms. The number of rotatable bonds is 3. The average Bonchev–Trinajstić information content (AvgIpc) is 3.15. The van der Waals surface area contributed by atoms with Crippen LogP contribution in [0.2, 0.25) is 0 Å². The second kappa shape index (κ2) is 7.05. The van der Waals surface area contributed by atoms with E-state index >= 15 is 0 Å². The summed E-state index contributed by atoms with van der Waals surface area (Å²) in [6, 6.07) is 9.48. The fraction of sp³-hybridized carbons (Fsp3) is 0.263. The summed E-state index contributed by atoms with van der Waals surface area (Å²) in [4.78, 5) is 21.5. The van der Waals surface area contributed by atoms with Gasteiger partial charge in [0.15, 0.2) is 5.69 Å². The fourth-order valence-electron chi connectivity index (χ4n) is 2.96. The highest BCUT2D eigenvalue weighted by Crippen LogP contribution is 2.23. The van der Waals surface area contributed by atoms with Gasteiger partial charge in [-0.15, -0.1) is 0 Å². The van der Waals surface area contributed by atoms with Crippen molar-refractivity contribution in [3.63, 3.8) is 0 Å². The minimum atomic E-state index is -0.124. The zero-order valence-electron chi connectivity index (χ0n) is 14.6. The van der Waals surface area contributed by atoms with E-state index in [0.717, 1.165) is 42.0 Å². The average molecular weight is 348 g/mol. The van der Waals surface area contributed by atoms with Crippen LogP contribution in [0.3, 0.4) is 0 Å². The summed E-state index contributed by atoms with van der Waals surface area (Å²) >= 11 is 0. The molecule has 4 heterocycles. The summed E-state index contributed by atoms with van der Waals surface area (Å²) < 4.78 is 1.72. The molecule has 0 unspecified atom stereocenters. The Morgan fingerprint density at radius 3 is 2.81 bits per heavy atom. The predicted octanol–water partition coefficient (Wildman–Crippen LogP) is 2.38. The van der Waals surface area contributed by atoms with Crippen molar-refractivity contribution >= 4 is 5.91 Å². The molecule has 0 spiro atoms. The number of aromatic nitrogens is 4. The van der Waals surface area contributed by atoms with Gasteiger partial charge in [-0.1, -0.05) is 6.07 Å². The maximum atomic E-state index is 12.8. The molecule has 1 aliphatic heterocycles. The molecule has 132 valence electrons. The molecule has 0 aromatic carbocycles. The monoisotopic (exact) mass is 348 g/mol. The number of aryl methyl sites for hydroxylation is 1. The summed E-state index contributed by atoms with van der Waals surface area (Å²) in [6.07, 6.45) is 7.31. The van der Waals surface area contributed by atoms with E-state index in [1.54, 1.807) is 28.2 Å². The van der Waals surface area contributed by atoms with Crippen molar-refractivity contribution < 1.29 is 4.79 Å². The highest BCUT2D eigenvalue weighted by atomic mass is 16.2. The van der Waals surface area contributed by atoms with Gasteiger partial charge in [0.25, 0.3) is 5.91 Å². The lowest BCUT2D eigenvalue weighted by atomic mass is 10.2. The van der Waals surface area contributed by atoms with E-state index in [1.165, 1.54) is 0 Å². The molecular formula is C19H20N6O. The second-order valence-corrected chi connectivity index (χ2v) is 6.33. The van der Waals surface area contributed by atoms with Crippen molar-refractivity contribution in [2.24, 2.45) is 0 Å². The van der Waals surface area contributed by atoms with Gasteiger partial charge in [-0.3, -0.25) is 19.8 Å². The summed E-state index contributed by atoms with van der Waals surface area (Å²) in [6.45, 7) is 3.49. The van der Waals surface area contributed by atoms with Crippen LogP contribution in [0.5, 0.6) is 0 Å². The smallest absolute Gasteiger partial charge is 0.273 e. The third-order valence-corrected chi connectivity index (χ3v) is 4.35. The van der Waals surface area contributed by atoms with Crippen molar-refractivity contribution in [2.75, 3.05) is 13.1 Å². The van der Waals surface area contributed by atoms with Crippen molar-refractivity contribution in [3.05, 3.63) is 60.2 Å². The van der Waals surface area contributed by atoms with Crippen LogP contribution < -0.4 is 5.43 Å². The Kier molecular flexibility index (Phi) is 4.45. The van der Waals surface area contributed by atoms with Crippen molar-refractivity contribution in [3.8, 4) is 17.1 Å².